The minimum atomic E-state index is -1.28. The maximum Gasteiger partial charge on any atom is 0.326 e. The van der Waals surface area contributed by atoms with Crippen LogP contribution in [-0.2, 0) is 16.0 Å². The van der Waals surface area contributed by atoms with Crippen LogP contribution in [0.15, 0.2) is 89.0 Å². The second kappa shape index (κ2) is 11.7. The lowest BCUT2D eigenvalue weighted by Gasteiger charge is -2.17. The van der Waals surface area contributed by atoms with Crippen molar-refractivity contribution < 1.29 is 24.4 Å². The quantitative estimate of drug-likeness (QED) is 0.214. The summed E-state index contributed by atoms with van der Waals surface area (Å²) in [5.41, 5.74) is 0.742. The van der Waals surface area contributed by atoms with Crippen molar-refractivity contribution in [2.75, 3.05) is 0 Å². The van der Waals surface area contributed by atoms with E-state index >= 15 is 0 Å². The molecule has 3 aromatic carbocycles. The summed E-state index contributed by atoms with van der Waals surface area (Å²) in [6, 6.07) is 19.4. The summed E-state index contributed by atoms with van der Waals surface area (Å²) in [5.74, 6) is -2.73. The molecule has 0 spiro atoms. The molecule has 0 saturated heterocycles. The van der Waals surface area contributed by atoms with Gasteiger partial charge in [-0.25, -0.2) is 4.79 Å². The number of amides is 2. The van der Waals surface area contributed by atoms with Gasteiger partial charge < -0.3 is 15.7 Å². The number of carbonyl (C=O) groups is 3. The molecule has 0 radical (unpaired) electrons. The first kappa shape index (κ1) is 25.3. The fraction of sp³-hybridized carbons (Fsp3) is 0.0800. The number of nitrogens with one attached hydrogen (secondary N) is 2. The Labute approximate surface area is 208 Å². The second-order valence-corrected chi connectivity index (χ2v) is 8.34. The molecule has 35 heavy (non-hydrogen) atoms. The van der Waals surface area contributed by atoms with Crippen molar-refractivity contribution in [3.63, 3.8) is 0 Å². The van der Waals surface area contributed by atoms with Crippen LogP contribution in [0.25, 0.3) is 6.08 Å². The average molecular weight is 538 g/mol. The smallest absolute Gasteiger partial charge is 0.326 e. The molecule has 0 fully saturated rings. The van der Waals surface area contributed by atoms with E-state index in [9.17, 15) is 29.6 Å². The fourth-order valence-corrected chi connectivity index (χ4v) is 3.56. The summed E-state index contributed by atoms with van der Waals surface area (Å²) in [6.07, 6.45) is 1.27. The molecule has 0 aliphatic heterocycles. The van der Waals surface area contributed by atoms with Gasteiger partial charge in [0.1, 0.15) is 11.7 Å². The van der Waals surface area contributed by atoms with Gasteiger partial charge in [-0.2, -0.15) is 0 Å². The van der Waals surface area contributed by atoms with Crippen molar-refractivity contribution in [1.82, 2.24) is 10.6 Å². The van der Waals surface area contributed by atoms with Crippen LogP contribution in [0.3, 0.4) is 0 Å². The van der Waals surface area contributed by atoms with E-state index in [0.717, 1.165) is 0 Å². The van der Waals surface area contributed by atoms with E-state index in [4.69, 9.17) is 0 Å². The van der Waals surface area contributed by atoms with E-state index < -0.39 is 28.7 Å². The molecule has 2 amide bonds. The van der Waals surface area contributed by atoms with Gasteiger partial charge in [-0.05, 0) is 35.4 Å². The number of nitro groups is 1. The molecule has 0 aliphatic carbocycles. The molecule has 9 nitrogen and oxygen atoms in total. The van der Waals surface area contributed by atoms with Crippen LogP contribution in [-0.4, -0.2) is 33.9 Å². The lowest BCUT2D eigenvalue weighted by atomic mass is 10.1. The molecule has 0 aliphatic rings. The number of aliphatic carboxylic acids is 1. The number of hydrogen-bond donors (Lipinski definition) is 3. The zero-order chi connectivity index (χ0) is 25.4. The van der Waals surface area contributed by atoms with E-state index in [1.807, 2.05) is 0 Å². The molecule has 0 saturated carbocycles. The molecule has 10 heteroatoms. The highest BCUT2D eigenvalue weighted by Gasteiger charge is 2.24. The first-order valence-corrected chi connectivity index (χ1v) is 11.1. The molecular formula is C25H20BrN3O6. The number of halogens is 1. The van der Waals surface area contributed by atoms with E-state index in [1.165, 1.54) is 30.3 Å². The van der Waals surface area contributed by atoms with Crippen LogP contribution in [0.5, 0.6) is 0 Å². The summed E-state index contributed by atoms with van der Waals surface area (Å²) in [7, 11) is 0. The van der Waals surface area contributed by atoms with E-state index in [-0.39, 0.29) is 28.9 Å². The molecule has 3 N–H and O–H groups in total. The Bertz CT molecular complexity index is 1290. The lowest BCUT2D eigenvalue weighted by Crippen LogP contribution is -2.45. The Morgan fingerprint density at radius 1 is 1.00 bits per heavy atom. The van der Waals surface area contributed by atoms with Gasteiger partial charge in [-0.3, -0.25) is 19.7 Å². The molecule has 3 rings (SSSR count). The molecule has 3 aromatic rings. The topological polar surface area (TPSA) is 139 Å². The fourth-order valence-electron chi connectivity index (χ4n) is 3.16. The summed E-state index contributed by atoms with van der Waals surface area (Å²) in [4.78, 5) is 48.3. The standard InChI is InChI=1S/C25H20BrN3O6/c26-19-10-5-9-18(15-19)23(30)27-21(14-17-8-4-11-20(12-17)29(34)35)24(31)28-22(25(32)33)13-16-6-2-1-3-7-16/h1-12,14-15,22H,13H2,(H,27,30)(H,28,31)(H,32,33)/b21-14-/t22-/m0/s1. The Kier molecular flexibility index (Phi) is 8.47. The van der Waals surface area contributed by atoms with E-state index in [2.05, 4.69) is 26.6 Å². The number of carboxylic acid groups (broad SMARTS) is 1. The van der Waals surface area contributed by atoms with Crippen molar-refractivity contribution in [2.24, 2.45) is 0 Å². The van der Waals surface area contributed by atoms with Gasteiger partial charge in [0.25, 0.3) is 17.5 Å². The number of nitro benzene ring substituents is 1. The highest BCUT2D eigenvalue weighted by Crippen LogP contribution is 2.17. The molecule has 0 heterocycles. The zero-order valence-electron chi connectivity index (χ0n) is 18.2. The second-order valence-electron chi connectivity index (χ2n) is 7.43. The highest BCUT2D eigenvalue weighted by molar-refractivity contribution is 9.10. The maximum atomic E-state index is 13.1. The van der Waals surface area contributed by atoms with Crippen LogP contribution in [0.2, 0.25) is 0 Å². The predicted molar refractivity (Wildman–Crippen MR) is 132 cm³/mol. The molecule has 0 bridgehead atoms. The van der Waals surface area contributed by atoms with Crippen molar-refractivity contribution in [1.29, 1.82) is 0 Å². The van der Waals surface area contributed by atoms with E-state index in [1.54, 1.807) is 54.6 Å². The number of nitrogens with zero attached hydrogens (tertiary/aromatic N) is 1. The third-order valence-corrected chi connectivity index (χ3v) is 5.35. The average Bonchev–Trinajstić information content (AvgIpc) is 2.83. The van der Waals surface area contributed by atoms with Crippen molar-refractivity contribution >= 4 is 45.5 Å². The van der Waals surface area contributed by atoms with Crippen LogP contribution in [0.4, 0.5) is 5.69 Å². The molecule has 1 atom stereocenters. The third-order valence-electron chi connectivity index (χ3n) is 4.86. The Balaban J connectivity index is 1.92. The first-order valence-electron chi connectivity index (χ1n) is 10.3. The third kappa shape index (κ3) is 7.34. The lowest BCUT2D eigenvalue weighted by molar-refractivity contribution is -0.384. The van der Waals surface area contributed by atoms with Crippen molar-refractivity contribution in [3.8, 4) is 0 Å². The van der Waals surface area contributed by atoms with Gasteiger partial charge in [0, 0.05) is 28.6 Å². The van der Waals surface area contributed by atoms with Gasteiger partial charge in [-0.1, -0.05) is 64.5 Å². The summed E-state index contributed by atoms with van der Waals surface area (Å²) in [6.45, 7) is 0. The van der Waals surface area contributed by atoms with Gasteiger partial charge in [-0.15, -0.1) is 0 Å². The van der Waals surface area contributed by atoms with Crippen molar-refractivity contribution in [2.45, 2.75) is 12.5 Å². The van der Waals surface area contributed by atoms with Gasteiger partial charge >= 0.3 is 5.97 Å². The summed E-state index contributed by atoms with van der Waals surface area (Å²) < 4.78 is 0.646. The number of benzene rings is 3. The van der Waals surface area contributed by atoms with Gasteiger partial charge in [0.15, 0.2) is 0 Å². The zero-order valence-corrected chi connectivity index (χ0v) is 19.8. The van der Waals surface area contributed by atoms with Crippen LogP contribution < -0.4 is 10.6 Å². The minimum Gasteiger partial charge on any atom is -0.480 e. The van der Waals surface area contributed by atoms with Crippen LogP contribution in [0.1, 0.15) is 21.5 Å². The van der Waals surface area contributed by atoms with Crippen LogP contribution >= 0.6 is 15.9 Å². The SMILES string of the molecule is O=C(N[C@@H](Cc1ccccc1)C(=O)O)/C(=C/c1cccc([N+](=O)[O-])c1)NC(=O)c1cccc(Br)c1. The Morgan fingerprint density at radius 3 is 2.37 bits per heavy atom. The minimum absolute atomic E-state index is 0.0194. The molecule has 0 aromatic heterocycles. The number of carboxylic acids is 1. The van der Waals surface area contributed by atoms with E-state index in [0.29, 0.717) is 10.0 Å². The predicted octanol–water partition coefficient (Wildman–Crippen LogP) is 3.94. The maximum absolute atomic E-state index is 13.1. The molecular weight excluding hydrogens is 518 g/mol. The first-order chi connectivity index (χ1) is 16.7. The number of hydrogen-bond acceptors (Lipinski definition) is 5. The number of carbonyl (C=O) groups excluding carboxylic acids is 2. The molecule has 178 valence electrons. The van der Waals surface area contributed by atoms with Crippen molar-refractivity contribution in [3.05, 3.63) is 116 Å². The normalized spacial score (nSPS) is 11.9. The highest BCUT2D eigenvalue weighted by atomic mass is 79.9. The number of non-ortho nitro benzene ring substituents is 1. The number of rotatable bonds is 9. The van der Waals surface area contributed by atoms with Crippen LogP contribution in [0, 0.1) is 10.1 Å². The summed E-state index contributed by atoms with van der Waals surface area (Å²) in [5, 5.41) is 25.7. The molecule has 0 unspecified atom stereocenters. The summed E-state index contributed by atoms with van der Waals surface area (Å²) >= 11 is 3.28. The largest absolute Gasteiger partial charge is 0.480 e. The van der Waals surface area contributed by atoms with Gasteiger partial charge in [0.2, 0.25) is 0 Å². The monoisotopic (exact) mass is 537 g/mol. The Hall–Kier alpha value is -4.31. The Morgan fingerprint density at radius 2 is 1.71 bits per heavy atom. The van der Waals surface area contributed by atoms with Gasteiger partial charge in [0.05, 0.1) is 4.92 Å².